The van der Waals surface area contributed by atoms with Gasteiger partial charge in [0.05, 0.1) is 16.6 Å². The molecular formula is C26H24ClN3O2. The van der Waals surface area contributed by atoms with Crippen molar-refractivity contribution in [3.8, 4) is 11.4 Å². The van der Waals surface area contributed by atoms with Crippen molar-refractivity contribution in [3.05, 3.63) is 106 Å². The highest BCUT2D eigenvalue weighted by Crippen LogP contribution is 2.26. The van der Waals surface area contributed by atoms with Crippen molar-refractivity contribution in [2.24, 2.45) is 0 Å². The number of rotatable bonds is 7. The normalized spacial score (nSPS) is 11.8. The van der Waals surface area contributed by atoms with Gasteiger partial charge in [0.2, 0.25) is 11.7 Å². The summed E-state index contributed by atoms with van der Waals surface area (Å²) < 4.78 is 5.47. The van der Waals surface area contributed by atoms with Gasteiger partial charge in [0.25, 0.3) is 5.91 Å². The maximum atomic E-state index is 13.4. The van der Waals surface area contributed by atoms with Crippen molar-refractivity contribution in [1.82, 2.24) is 15.0 Å². The Kier molecular flexibility index (Phi) is 6.66. The monoisotopic (exact) mass is 445 g/mol. The Morgan fingerprint density at radius 2 is 1.69 bits per heavy atom. The van der Waals surface area contributed by atoms with Gasteiger partial charge in [-0.2, -0.15) is 4.98 Å². The molecular weight excluding hydrogens is 422 g/mol. The molecule has 0 saturated heterocycles. The SMILES string of the molecule is Cc1ccc(-c2noc(CCN(C(=O)c3ccccc3Cl)C(C)c3ccccc3)n2)cc1. The number of carbonyl (C=O) groups is 1. The molecule has 4 aromatic rings. The summed E-state index contributed by atoms with van der Waals surface area (Å²) >= 11 is 6.32. The molecule has 32 heavy (non-hydrogen) atoms. The largest absolute Gasteiger partial charge is 0.339 e. The Morgan fingerprint density at radius 1 is 1.00 bits per heavy atom. The lowest BCUT2D eigenvalue weighted by atomic mass is 10.0. The average molecular weight is 446 g/mol. The van der Waals surface area contributed by atoms with Gasteiger partial charge in [0.1, 0.15) is 0 Å². The molecule has 1 unspecified atom stereocenters. The Hall–Kier alpha value is -3.44. The minimum atomic E-state index is -0.153. The third-order valence-electron chi connectivity index (χ3n) is 5.46. The lowest BCUT2D eigenvalue weighted by Crippen LogP contribution is -2.35. The number of nitrogens with zero attached hydrogens (tertiary/aromatic N) is 3. The molecule has 4 rings (SSSR count). The van der Waals surface area contributed by atoms with Gasteiger partial charge in [-0.1, -0.05) is 89.1 Å². The lowest BCUT2D eigenvalue weighted by Gasteiger charge is -2.29. The van der Waals surface area contributed by atoms with E-state index in [-0.39, 0.29) is 11.9 Å². The number of aromatic nitrogens is 2. The Bertz CT molecular complexity index is 1190. The van der Waals surface area contributed by atoms with E-state index >= 15 is 0 Å². The van der Waals surface area contributed by atoms with Gasteiger partial charge in [-0.3, -0.25) is 4.79 Å². The van der Waals surface area contributed by atoms with Gasteiger partial charge in [0, 0.05) is 18.5 Å². The summed E-state index contributed by atoms with van der Waals surface area (Å²) in [5.74, 6) is 0.892. The van der Waals surface area contributed by atoms with E-state index in [2.05, 4.69) is 10.1 Å². The van der Waals surface area contributed by atoms with E-state index in [1.54, 1.807) is 17.0 Å². The first kappa shape index (κ1) is 21.8. The second kappa shape index (κ2) is 9.79. The van der Waals surface area contributed by atoms with E-state index in [9.17, 15) is 4.79 Å². The van der Waals surface area contributed by atoms with Crippen LogP contribution in [0, 0.1) is 6.92 Å². The number of hydrogen-bond donors (Lipinski definition) is 0. The van der Waals surface area contributed by atoms with E-state index in [0.29, 0.717) is 35.3 Å². The van der Waals surface area contributed by atoms with Gasteiger partial charge >= 0.3 is 0 Å². The molecule has 1 amide bonds. The molecule has 1 aromatic heterocycles. The van der Waals surface area contributed by atoms with Crippen LogP contribution in [0.25, 0.3) is 11.4 Å². The van der Waals surface area contributed by atoms with Crippen LogP contribution >= 0.6 is 11.6 Å². The number of amides is 1. The third kappa shape index (κ3) is 4.89. The summed E-state index contributed by atoms with van der Waals surface area (Å²) in [4.78, 5) is 19.8. The zero-order chi connectivity index (χ0) is 22.5. The van der Waals surface area contributed by atoms with Crippen LogP contribution < -0.4 is 0 Å². The number of halogens is 1. The average Bonchev–Trinajstić information content (AvgIpc) is 3.29. The van der Waals surface area contributed by atoms with E-state index in [4.69, 9.17) is 16.1 Å². The van der Waals surface area contributed by atoms with Gasteiger partial charge in [0.15, 0.2) is 0 Å². The second-order valence-corrected chi connectivity index (χ2v) is 8.10. The summed E-state index contributed by atoms with van der Waals surface area (Å²) in [5.41, 5.74) is 3.58. The molecule has 0 bridgehead atoms. The molecule has 0 aliphatic heterocycles. The standard InChI is InChI=1S/C26H24ClN3O2/c1-18-12-14-21(15-13-18)25-28-24(32-29-25)16-17-30(19(2)20-8-4-3-5-9-20)26(31)22-10-6-7-11-23(22)27/h3-15,19H,16-17H2,1-2H3. The smallest absolute Gasteiger partial charge is 0.255 e. The maximum absolute atomic E-state index is 13.4. The Morgan fingerprint density at radius 3 is 2.41 bits per heavy atom. The highest BCUT2D eigenvalue weighted by molar-refractivity contribution is 6.33. The molecule has 0 fully saturated rings. The summed E-state index contributed by atoms with van der Waals surface area (Å²) in [5, 5.41) is 4.54. The number of hydrogen-bond acceptors (Lipinski definition) is 4. The molecule has 0 spiro atoms. The zero-order valence-electron chi connectivity index (χ0n) is 18.0. The highest BCUT2D eigenvalue weighted by Gasteiger charge is 2.25. The van der Waals surface area contributed by atoms with E-state index in [1.807, 2.05) is 80.6 Å². The summed E-state index contributed by atoms with van der Waals surface area (Å²) in [6.07, 6.45) is 0.437. The van der Waals surface area contributed by atoms with Crippen molar-refractivity contribution in [2.45, 2.75) is 26.3 Å². The first-order valence-corrected chi connectivity index (χ1v) is 10.9. The van der Waals surface area contributed by atoms with Crippen LogP contribution in [-0.4, -0.2) is 27.5 Å². The fourth-order valence-electron chi connectivity index (χ4n) is 3.56. The van der Waals surface area contributed by atoms with E-state index in [1.165, 1.54) is 5.56 Å². The molecule has 1 heterocycles. The predicted molar refractivity (Wildman–Crippen MR) is 126 cm³/mol. The zero-order valence-corrected chi connectivity index (χ0v) is 18.8. The molecule has 0 N–H and O–H groups in total. The minimum absolute atomic E-state index is 0.134. The fourth-order valence-corrected chi connectivity index (χ4v) is 3.78. The van der Waals surface area contributed by atoms with Gasteiger partial charge in [-0.15, -0.1) is 0 Å². The molecule has 0 saturated carbocycles. The lowest BCUT2D eigenvalue weighted by molar-refractivity contribution is 0.0689. The van der Waals surface area contributed by atoms with E-state index in [0.717, 1.165) is 11.1 Å². The second-order valence-electron chi connectivity index (χ2n) is 7.69. The number of benzene rings is 3. The van der Waals surface area contributed by atoms with Crippen molar-refractivity contribution in [3.63, 3.8) is 0 Å². The first-order chi connectivity index (χ1) is 15.5. The highest BCUT2D eigenvalue weighted by atomic mass is 35.5. The van der Waals surface area contributed by atoms with Crippen LogP contribution in [0.1, 0.15) is 40.3 Å². The summed E-state index contributed by atoms with van der Waals surface area (Å²) in [6.45, 7) is 4.45. The Labute approximate surface area is 192 Å². The van der Waals surface area contributed by atoms with Gasteiger partial charge in [-0.25, -0.2) is 0 Å². The van der Waals surface area contributed by atoms with Crippen LogP contribution in [0.5, 0.6) is 0 Å². The van der Waals surface area contributed by atoms with Crippen molar-refractivity contribution in [1.29, 1.82) is 0 Å². The minimum Gasteiger partial charge on any atom is -0.339 e. The van der Waals surface area contributed by atoms with Crippen molar-refractivity contribution < 1.29 is 9.32 Å². The summed E-state index contributed by atoms with van der Waals surface area (Å²) in [7, 11) is 0. The van der Waals surface area contributed by atoms with Gasteiger partial charge in [-0.05, 0) is 31.5 Å². The molecule has 5 nitrogen and oxygen atoms in total. The molecule has 162 valence electrons. The maximum Gasteiger partial charge on any atom is 0.255 e. The van der Waals surface area contributed by atoms with Gasteiger partial charge < -0.3 is 9.42 Å². The van der Waals surface area contributed by atoms with Crippen LogP contribution in [0.4, 0.5) is 0 Å². The molecule has 6 heteroatoms. The Balaban J connectivity index is 1.56. The van der Waals surface area contributed by atoms with Crippen LogP contribution in [0.2, 0.25) is 5.02 Å². The first-order valence-electron chi connectivity index (χ1n) is 10.5. The predicted octanol–water partition coefficient (Wildman–Crippen LogP) is 6.14. The number of carbonyl (C=O) groups excluding carboxylic acids is 1. The van der Waals surface area contributed by atoms with Crippen LogP contribution in [0.15, 0.2) is 83.4 Å². The van der Waals surface area contributed by atoms with E-state index < -0.39 is 0 Å². The van der Waals surface area contributed by atoms with Crippen molar-refractivity contribution >= 4 is 17.5 Å². The third-order valence-corrected chi connectivity index (χ3v) is 5.79. The molecule has 0 aliphatic rings. The van der Waals surface area contributed by atoms with Crippen LogP contribution in [-0.2, 0) is 6.42 Å². The topological polar surface area (TPSA) is 59.2 Å². The summed E-state index contributed by atoms with van der Waals surface area (Å²) in [6, 6.07) is 24.8. The van der Waals surface area contributed by atoms with Crippen molar-refractivity contribution in [2.75, 3.05) is 6.54 Å². The molecule has 1 atom stereocenters. The molecule has 0 radical (unpaired) electrons. The quantitative estimate of drug-likeness (QED) is 0.342. The molecule has 0 aliphatic carbocycles. The molecule has 3 aromatic carbocycles. The number of aryl methyl sites for hydroxylation is 1. The fraction of sp³-hybridized carbons (Fsp3) is 0.192. The van der Waals surface area contributed by atoms with Crippen LogP contribution in [0.3, 0.4) is 0 Å².